The van der Waals surface area contributed by atoms with Crippen molar-refractivity contribution < 1.29 is 5.11 Å². The van der Waals surface area contributed by atoms with Gasteiger partial charge in [0.05, 0.1) is 6.54 Å². The molecule has 0 unspecified atom stereocenters. The quantitative estimate of drug-likeness (QED) is 0.595. The van der Waals surface area contributed by atoms with Crippen LogP contribution in [0.15, 0.2) is 91.0 Å². The predicted octanol–water partition coefficient (Wildman–Crippen LogP) is 4.08. The van der Waals surface area contributed by atoms with Gasteiger partial charge in [0.1, 0.15) is 17.5 Å². The van der Waals surface area contributed by atoms with Crippen LogP contribution in [0.5, 0.6) is 0 Å². The summed E-state index contributed by atoms with van der Waals surface area (Å²) in [5.74, 6) is 0. The number of aliphatic hydroxyl groups excluding tert-OH is 1. The summed E-state index contributed by atoms with van der Waals surface area (Å²) in [5.41, 5.74) is 4.28. The Hall–Kier alpha value is -3.24. The molecule has 4 rings (SSSR count). The number of rotatable bonds is 5. The van der Waals surface area contributed by atoms with Crippen LogP contribution >= 0.6 is 0 Å². The van der Waals surface area contributed by atoms with Crippen LogP contribution in [0.2, 0.25) is 0 Å². The highest BCUT2D eigenvalue weighted by Crippen LogP contribution is 2.30. The molecule has 0 aliphatic carbocycles. The second-order valence-corrected chi connectivity index (χ2v) is 6.15. The van der Waals surface area contributed by atoms with Crippen molar-refractivity contribution in [1.82, 2.24) is 15.0 Å². The molecule has 0 radical (unpaired) electrons. The first kappa shape index (κ1) is 16.2. The van der Waals surface area contributed by atoms with Gasteiger partial charge in [0.25, 0.3) is 0 Å². The summed E-state index contributed by atoms with van der Waals surface area (Å²) in [5, 5.41) is 19.8. The van der Waals surface area contributed by atoms with Gasteiger partial charge in [0.15, 0.2) is 0 Å². The lowest BCUT2D eigenvalue weighted by atomic mass is 10.0. The van der Waals surface area contributed by atoms with Crippen molar-refractivity contribution >= 4 is 0 Å². The Morgan fingerprint density at radius 3 is 2.00 bits per heavy atom. The second kappa shape index (κ2) is 7.33. The minimum absolute atomic E-state index is 0.555. The summed E-state index contributed by atoms with van der Waals surface area (Å²) in [4.78, 5) is 0. The molecule has 1 heterocycles. The molecule has 26 heavy (non-hydrogen) atoms. The zero-order valence-corrected chi connectivity index (χ0v) is 14.2. The third kappa shape index (κ3) is 3.27. The lowest BCUT2D eigenvalue weighted by Crippen LogP contribution is -2.12. The summed E-state index contributed by atoms with van der Waals surface area (Å²) in [7, 11) is 0. The van der Waals surface area contributed by atoms with E-state index in [1.54, 1.807) is 4.68 Å². The average Bonchev–Trinajstić information content (AvgIpc) is 3.13. The lowest BCUT2D eigenvalue weighted by molar-refractivity contribution is 0.209. The van der Waals surface area contributed by atoms with E-state index in [-0.39, 0.29) is 0 Å². The first-order chi connectivity index (χ1) is 12.8. The zero-order valence-electron chi connectivity index (χ0n) is 14.2. The molecule has 0 bridgehead atoms. The molecule has 1 atom stereocenters. The number of aromatic nitrogens is 3. The van der Waals surface area contributed by atoms with Crippen molar-refractivity contribution in [2.45, 2.75) is 12.6 Å². The van der Waals surface area contributed by atoms with Crippen LogP contribution in [-0.4, -0.2) is 20.1 Å². The van der Waals surface area contributed by atoms with Gasteiger partial charge in [-0.3, -0.25) is 0 Å². The molecule has 4 nitrogen and oxygen atoms in total. The fourth-order valence-corrected chi connectivity index (χ4v) is 3.06. The number of aliphatic hydroxyl groups is 1. The molecule has 1 aromatic heterocycles. The van der Waals surface area contributed by atoms with Crippen LogP contribution in [0.4, 0.5) is 0 Å². The van der Waals surface area contributed by atoms with Crippen LogP contribution in [0.3, 0.4) is 0 Å². The summed E-state index contributed by atoms with van der Waals surface area (Å²) in [6.07, 6.45) is -0.801. The Morgan fingerprint density at radius 2 is 1.35 bits per heavy atom. The first-order valence-electron chi connectivity index (χ1n) is 8.58. The van der Waals surface area contributed by atoms with E-state index in [1.807, 2.05) is 91.0 Å². The predicted molar refractivity (Wildman–Crippen MR) is 102 cm³/mol. The van der Waals surface area contributed by atoms with Crippen molar-refractivity contribution in [2.24, 2.45) is 0 Å². The monoisotopic (exact) mass is 341 g/mol. The zero-order chi connectivity index (χ0) is 17.8. The minimum Gasteiger partial charge on any atom is -0.382 e. The smallest absolute Gasteiger partial charge is 0.123 e. The van der Waals surface area contributed by atoms with Gasteiger partial charge in [-0.25, -0.2) is 4.68 Å². The third-order valence-electron chi connectivity index (χ3n) is 4.37. The fourth-order valence-electron chi connectivity index (χ4n) is 3.06. The summed E-state index contributed by atoms with van der Waals surface area (Å²) in [6.45, 7) is 0.555. The Labute approximate surface area is 152 Å². The Kier molecular flexibility index (Phi) is 4.58. The highest BCUT2D eigenvalue weighted by atomic mass is 16.3. The van der Waals surface area contributed by atoms with E-state index in [4.69, 9.17) is 0 Å². The van der Waals surface area contributed by atoms with Crippen molar-refractivity contribution in [3.8, 4) is 11.3 Å². The van der Waals surface area contributed by atoms with E-state index in [0.717, 1.165) is 16.7 Å². The van der Waals surface area contributed by atoms with Crippen molar-refractivity contribution in [3.05, 3.63) is 108 Å². The van der Waals surface area contributed by atoms with Crippen LogP contribution in [-0.2, 0) is 6.54 Å². The summed E-state index contributed by atoms with van der Waals surface area (Å²) in [6, 6.07) is 29.5. The van der Waals surface area contributed by atoms with Crippen molar-refractivity contribution in [3.63, 3.8) is 0 Å². The van der Waals surface area contributed by atoms with E-state index < -0.39 is 6.10 Å². The number of nitrogens with zero attached hydrogens (tertiary/aromatic N) is 3. The molecule has 4 heteroatoms. The van der Waals surface area contributed by atoms with E-state index in [0.29, 0.717) is 17.9 Å². The average molecular weight is 341 g/mol. The Bertz CT molecular complexity index is 966. The van der Waals surface area contributed by atoms with Gasteiger partial charge >= 0.3 is 0 Å². The minimum atomic E-state index is -0.801. The van der Waals surface area contributed by atoms with E-state index in [2.05, 4.69) is 10.3 Å². The van der Waals surface area contributed by atoms with Gasteiger partial charge in [-0.15, -0.1) is 5.10 Å². The van der Waals surface area contributed by atoms with E-state index in [9.17, 15) is 5.11 Å². The topological polar surface area (TPSA) is 50.9 Å². The van der Waals surface area contributed by atoms with E-state index >= 15 is 0 Å². The van der Waals surface area contributed by atoms with Gasteiger partial charge in [0.2, 0.25) is 0 Å². The third-order valence-corrected chi connectivity index (χ3v) is 4.37. The van der Waals surface area contributed by atoms with Crippen molar-refractivity contribution in [2.75, 3.05) is 0 Å². The number of benzene rings is 3. The molecule has 0 aliphatic rings. The molecule has 4 aromatic rings. The molecule has 0 fully saturated rings. The molecule has 0 amide bonds. The Morgan fingerprint density at radius 1 is 0.769 bits per heavy atom. The number of hydrogen-bond donors (Lipinski definition) is 1. The molecule has 0 spiro atoms. The maximum absolute atomic E-state index is 11.1. The van der Waals surface area contributed by atoms with Gasteiger partial charge in [0, 0.05) is 5.56 Å². The first-order valence-corrected chi connectivity index (χ1v) is 8.58. The van der Waals surface area contributed by atoms with Gasteiger partial charge in [-0.05, 0) is 11.1 Å². The second-order valence-electron chi connectivity index (χ2n) is 6.15. The van der Waals surface area contributed by atoms with Gasteiger partial charge in [-0.1, -0.05) is 96.2 Å². The lowest BCUT2D eigenvalue weighted by Gasteiger charge is -2.15. The fraction of sp³-hybridized carbons (Fsp3) is 0.0909. The van der Waals surface area contributed by atoms with Crippen LogP contribution in [0.1, 0.15) is 22.9 Å². The largest absolute Gasteiger partial charge is 0.382 e. The molecular weight excluding hydrogens is 322 g/mol. The maximum Gasteiger partial charge on any atom is 0.123 e. The molecular formula is C22H19N3O. The maximum atomic E-state index is 11.1. The van der Waals surface area contributed by atoms with Gasteiger partial charge in [-0.2, -0.15) is 0 Å². The molecule has 0 saturated heterocycles. The summed E-state index contributed by atoms with van der Waals surface area (Å²) < 4.78 is 1.79. The summed E-state index contributed by atoms with van der Waals surface area (Å²) >= 11 is 0. The van der Waals surface area contributed by atoms with E-state index in [1.165, 1.54) is 0 Å². The normalized spacial score (nSPS) is 12.0. The SMILES string of the molecule is O[C@H](c1ccccc1)c1c(-c2ccccc2)nnn1Cc1ccccc1. The van der Waals surface area contributed by atoms with Crippen LogP contribution in [0.25, 0.3) is 11.3 Å². The van der Waals surface area contributed by atoms with Crippen molar-refractivity contribution in [1.29, 1.82) is 0 Å². The molecule has 0 aliphatic heterocycles. The molecule has 1 N–H and O–H groups in total. The van der Waals surface area contributed by atoms with Crippen LogP contribution in [0, 0.1) is 0 Å². The highest BCUT2D eigenvalue weighted by molar-refractivity contribution is 5.62. The standard InChI is InChI=1S/C22H19N3O/c26-22(19-14-8-3-9-15-19)21-20(18-12-6-2-7-13-18)23-24-25(21)16-17-10-4-1-5-11-17/h1-15,22,26H,16H2/t22-/m1/s1. The highest BCUT2D eigenvalue weighted by Gasteiger charge is 2.23. The molecule has 128 valence electrons. The number of hydrogen-bond acceptors (Lipinski definition) is 3. The molecule has 3 aromatic carbocycles. The molecule has 0 saturated carbocycles. The van der Waals surface area contributed by atoms with Crippen LogP contribution < -0.4 is 0 Å². The van der Waals surface area contributed by atoms with Gasteiger partial charge < -0.3 is 5.11 Å². The Balaban J connectivity index is 1.81.